The summed E-state index contributed by atoms with van der Waals surface area (Å²) in [6.07, 6.45) is 0. The number of rotatable bonds is 4. The Hall–Kier alpha value is -2.79. The maximum Gasteiger partial charge on any atom is 0.253 e. The van der Waals surface area contributed by atoms with Crippen LogP contribution in [0.25, 0.3) is 10.9 Å². The predicted octanol–water partition coefficient (Wildman–Crippen LogP) is 3.51. The number of aromatic amines is 1. The van der Waals surface area contributed by atoms with Crippen LogP contribution in [0, 0.1) is 13.8 Å². The first-order valence-electron chi connectivity index (χ1n) is 9.90. The normalized spacial score (nSPS) is 15.2. The number of anilines is 2. The van der Waals surface area contributed by atoms with E-state index in [4.69, 9.17) is 0 Å². The first-order chi connectivity index (χ1) is 13.5. The summed E-state index contributed by atoms with van der Waals surface area (Å²) in [5.74, 6) is 0. The highest BCUT2D eigenvalue weighted by atomic mass is 16.1. The molecule has 5 heteroatoms. The van der Waals surface area contributed by atoms with Crippen molar-refractivity contribution in [3.05, 3.63) is 69.5 Å². The number of aryl methyl sites for hydroxylation is 2. The molecule has 1 aromatic heterocycles. The van der Waals surface area contributed by atoms with Gasteiger partial charge in [0.25, 0.3) is 5.56 Å². The summed E-state index contributed by atoms with van der Waals surface area (Å²) < 4.78 is 0. The van der Waals surface area contributed by atoms with Crippen molar-refractivity contribution in [3.63, 3.8) is 0 Å². The monoisotopic (exact) mass is 376 g/mol. The summed E-state index contributed by atoms with van der Waals surface area (Å²) in [4.78, 5) is 20.2. The van der Waals surface area contributed by atoms with E-state index in [0.717, 1.165) is 48.3 Å². The molecule has 1 aliphatic rings. The van der Waals surface area contributed by atoms with Crippen molar-refractivity contribution in [2.75, 3.05) is 43.4 Å². The number of nitrogens with zero attached hydrogens (tertiary/aromatic N) is 2. The van der Waals surface area contributed by atoms with Gasteiger partial charge in [0, 0.05) is 55.2 Å². The van der Waals surface area contributed by atoms with E-state index in [-0.39, 0.29) is 5.56 Å². The lowest BCUT2D eigenvalue weighted by atomic mass is 10.0. The van der Waals surface area contributed by atoms with Crippen LogP contribution in [-0.4, -0.2) is 43.1 Å². The lowest BCUT2D eigenvalue weighted by Crippen LogP contribution is -2.44. The highest BCUT2D eigenvalue weighted by Gasteiger charge is 2.14. The Labute approximate surface area is 166 Å². The number of fused-ring (bicyclic) bond motifs is 1. The second-order valence-electron chi connectivity index (χ2n) is 7.84. The quantitative estimate of drug-likeness (QED) is 0.732. The fourth-order valence-corrected chi connectivity index (χ4v) is 3.71. The second-order valence-corrected chi connectivity index (χ2v) is 7.84. The van der Waals surface area contributed by atoms with E-state index in [0.29, 0.717) is 6.54 Å². The average Bonchev–Trinajstić information content (AvgIpc) is 2.69. The predicted molar refractivity (Wildman–Crippen MR) is 118 cm³/mol. The molecule has 0 atom stereocenters. The van der Waals surface area contributed by atoms with Gasteiger partial charge in [0.1, 0.15) is 0 Å². The molecule has 0 aliphatic carbocycles. The van der Waals surface area contributed by atoms with Crippen LogP contribution in [0.1, 0.15) is 16.7 Å². The summed E-state index contributed by atoms with van der Waals surface area (Å²) in [5.41, 5.74) is 6.32. The van der Waals surface area contributed by atoms with E-state index in [9.17, 15) is 4.79 Å². The topological polar surface area (TPSA) is 51.4 Å². The summed E-state index contributed by atoms with van der Waals surface area (Å²) in [5, 5.41) is 4.46. The van der Waals surface area contributed by atoms with Gasteiger partial charge in [-0.2, -0.15) is 0 Å². The molecule has 0 amide bonds. The van der Waals surface area contributed by atoms with Crippen LogP contribution in [0.2, 0.25) is 0 Å². The van der Waals surface area contributed by atoms with E-state index in [1.54, 1.807) is 0 Å². The largest absolute Gasteiger partial charge is 0.381 e. The van der Waals surface area contributed by atoms with Crippen LogP contribution >= 0.6 is 0 Å². The number of pyridine rings is 1. The smallest absolute Gasteiger partial charge is 0.253 e. The van der Waals surface area contributed by atoms with Gasteiger partial charge in [0.05, 0.1) is 0 Å². The van der Waals surface area contributed by atoms with Crippen LogP contribution in [-0.2, 0) is 6.54 Å². The zero-order valence-corrected chi connectivity index (χ0v) is 16.9. The zero-order chi connectivity index (χ0) is 19.7. The number of hydrogen-bond acceptors (Lipinski definition) is 4. The number of nitrogens with one attached hydrogen (secondary N) is 2. The van der Waals surface area contributed by atoms with Crippen molar-refractivity contribution in [2.24, 2.45) is 0 Å². The third-order valence-electron chi connectivity index (χ3n) is 5.75. The lowest BCUT2D eigenvalue weighted by Gasteiger charge is -2.34. The maximum absolute atomic E-state index is 12.4. The maximum atomic E-state index is 12.4. The molecule has 1 fully saturated rings. The van der Waals surface area contributed by atoms with Crippen LogP contribution in [0.15, 0.2) is 47.3 Å². The van der Waals surface area contributed by atoms with Gasteiger partial charge in [-0.15, -0.1) is 0 Å². The van der Waals surface area contributed by atoms with Crippen LogP contribution in [0.3, 0.4) is 0 Å². The molecule has 0 bridgehead atoms. The van der Waals surface area contributed by atoms with Gasteiger partial charge in [-0.05, 0) is 79.9 Å². The van der Waals surface area contributed by atoms with Gasteiger partial charge < -0.3 is 20.1 Å². The third-order valence-corrected chi connectivity index (χ3v) is 5.75. The minimum Gasteiger partial charge on any atom is -0.381 e. The Morgan fingerprint density at radius 1 is 0.964 bits per heavy atom. The number of piperazine rings is 1. The van der Waals surface area contributed by atoms with Gasteiger partial charge in [0.15, 0.2) is 0 Å². The fraction of sp³-hybridized carbons (Fsp3) is 0.348. The Balaban J connectivity index is 1.46. The summed E-state index contributed by atoms with van der Waals surface area (Å²) in [6.45, 7) is 9.00. The third kappa shape index (κ3) is 3.90. The van der Waals surface area contributed by atoms with Crippen molar-refractivity contribution in [3.8, 4) is 0 Å². The molecule has 2 N–H and O–H groups in total. The highest BCUT2D eigenvalue weighted by Crippen LogP contribution is 2.20. The molecule has 4 rings (SSSR count). The van der Waals surface area contributed by atoms with Gasteiger partial charge in [-0.25, -0.2) is 0 Å². The molecule has 3 aromatic rings. The molecule has 2 heterocycles. The standard InChI is InChI=1S/C23H28N4O/c1-16-12-18-14-19(23(28)25-22(18)13-17(16)2)15-24-20-4-6-21(7-5-20)27-10-8-26(3)9-11-27/h4-7,12-14,24H,8-11,15H2,1-3H3,(H,25,28). The second kappa shape index (κ2) is 7.68. The number of H-pyrrole nitrogens is 1. The van der Waals surface area contributed by atoms with E-state index in [2.05, 4.69) is 71.3 Å². The van der Waals surface area contributed by atoms with E-state index >= 15 is 0 Å². The molecule has 0 unspecified atom stereocenters. The molecular weight excluding hydrogens is 348 g/mol. The minimum atomic E-state index is -0.0303. The molecule has 28 heavy (non-hydrogen) atoms. The van der Waals surface area contributed by atoms with Gasteiger partial charge in [-0.3, -0.25) is 4.79 Å². The Bertz CT molecular complexity index is 1030. The molecule has 0 spiro atoms. The molecule has 2 aromatic carbocycles. The number of likely N-dealkylation sites (N-methyl/N-ethyl adjacent to an activating group) is 1. The number of hydrogen-bond donors (Lipinski definition) is 2. The summed E-state index contributed by atoms with van der Waals surface area (Å²) >= 11 is 0. The van der Waals surface area contributed by atoms with E-state index in [1.807, 2.05) is 12.1 Å². The molecule has 1 saturated heterocycles. The minimum absolute atomic E-state index is 0.0303. The van der Waals surface area contributed by atoms with Gasteiger partial charge in [-0.1, -0.05) is 0 Å². The first-order valence-corrected chi connectivity index (χ1v) is 9.90. The average molecular weight is 377 g/mol. The van der Waals surface area contributed by atoms with Crippen LogP contribution < -0.4 is 15.8 Å². The first kappa shape index (κ1) is 18.6. The molecular formula is C23H28N4O. The van der Waals surface area contributed by atoms with Crippen molar-refractivity contribution in [1.82, 2.24) is 9.88 Å². The van der Waals surface area contributed by atoms with Gasteiger partial charge >= 0.3 is 0 Å². The Kier molecular flexibility index (Phi) is 5.09. The molecule has 0 radical (unpaired) electrons. The van der Waals surface area contributed by atoms with Crippen molar-refractivity contribution < 1.29 is 0 Å². The van der Waals surface area contributed by atoms with E-state index < -0.39 is 0 Å². The van der Waals surface area contributed by atoms with Crippen molar-refractivity contribution in [1.29, 1.82) is 0 Å². The zero-order valence-electron chi connectivity index (χ0n) is 16.9. The van der Waals surface area contributed by atoms with Crippen molar-refractivity contribution >= 4 is 22.3 Å². The SMILES string of the molecule is Cc1cc2cc(CNc3ccc(N4CCN(C)CC4)cc3)c(=O)[nH]c2cc1C. The van der Waals surface area contributed by atoms with Crippen LogP contribution in [0.5, 0.6) is 0 Å². The number of benzene rings is 2. The highest BCUT2D eigenvalue weighted by molar-refractivity contribution is 5.80. The Morgan fingerprint density at radius 2 is 1.64 bits per heavy atom. The van der Waals surface area contributed by atoms with Gasteiger partial charge in [0.2, 0.25) is 0 Å². The van der Waals surface area contributed by atoms with Crippen LogP contribution in [0.4, 0.5) is 11.4 Å². The summed E-state index contributed by atoms with van der Waals surface area (Å²) in [7, 11) is 2.17. The molecule has 146 valence electrons. The van der Waals surface area contributed by atoms with E-state index in [1.165, 1.54) is 16.8 Å². The lowest BCUT2D eigenvalue weighted by molar-refractivity contribution is 0.313. The number of aromatic nitrogens is 1. The molecule has 5 nitrogen and oxygen atoms in total. The molecule has 1 aliphatic heterocycles. The summed E-state index contributed by atoms with van der Waals surface area (Å²) in [6, 6.07) is 14.7. The fourth-order valence-electron chi connectivity index (χ4n) is 3.71. The Morgan fingerprint density at radius 3 is 2.36 bits per heavy atom. The molecule has 0 saturated carbocycles. The van der Waals surface area contributed by atoms with Crippen molar-refractivity contribution in [2.45, 2.75) is 20.4 Å².